The summed E-state index contributed by atoms with van der Waals surface area (Å²) < 4.78 is 0.629. The van der Waals surface area contributed by atoms with Crippen LogP contribution in [-0.4, -0.2) is 16.9 Å². The van der Waals surface area contributed by atoms with E-state index in [0.717, 1.165) is 5.56 Å². The predicted molar refractivity (Wildman–Crippen MR) is 58.8 cm³/mol. The zero-order valence-electron chi connectivity index (χ0n) is 7.21. The second-order valence-electron chi connectivity index (χ2n) is 3.18. The zero-order chi connectivity index (χ0) is 10.3. The number of ketones is 1. The Morgan fingerprint density at radius 3 is 2.71 bits per heavy atom. The molecule has 0 atom stereocenters. The average molecular weight is 302 g/mol. The van der Waals surface area contributed by atoms with Crippen molar-refractivity contribution < 1.29 is 14.7 Å². The summed E-state index contributed by atoms with van der Waals surface area (Å²) in [5.41, 5.74) is 1.46. The Bertz CT molecular complexity index is 437. The van der Waals surface area contributed by atoms with Gasteiger partial charge in [0.25, 0.3) is 0 Å². The normalized spacial score (nSPS) is 14.2. The van der Waals surface area contributed by atoms with Gasteiger partial charge >= 0.3 is 5.97 Å². The van der Waals surface area contributed by atoms with Crippen molar-refractivity contribution >= 4 is 34.3 Å². The Hall–Kier alpha value is -0.910. The SMILES string of the molecule is O=C(O)c1c(I)ccc2c1C(=O)CC2. The summed E-state index contributed by atoms with van der Waals surface area (Å²) in [4.78, 5) is 22.4. The molecule has 0 saturated heterocycles. The standard InChI is InChI=1S/C10H7IO3/c11-6-3-1-5-2-4-7(12)8(5)9(6)10(13)14/h1,3H,2,4H2,(H,13,14). The van der Waals surface area contributed by atoms with Gasteiger partial charge in [-0.2, -0.15) is 0 Å². The number of carbonyl (C=O) groups is 2. The van der Waals surface area contributed by atoms with E-state index in [2.05, 4.69) is 0 Å². The molecule has 0 bridgehead atoms. The molecule has 0 aliphatic heterocycles. The molecular weight excluding hydrogens is 295 g/mol. The summed E-state index contributed by atoms with van der Waals surface area (Å²) in [6, 6.07) is 3.59. The maximum Gasteiger partial charge on any atom is 0.337 e. The third kappa shape index (κ3) is 1.33. The second kappa shape index (κ2) is 3.34. The molecule has 1 aromatic rings. The lowest BCUT2D eigenvalue weighted by atomic mass is 10.0. The molecule has 4 heteroatoms. The number of carboxylic acids is 1. The molecule has 0 saturated carbocycles. The monoisotopic (exact) mass is 302 g/mol. The first-order valence-corrected chi connectivity index (χ1v) is 5.27. The summed E-state index contributed by atoms with van der Waals surface area (Å²) >= 11 is 1.95. The van der Waals surface area contributed by atoms with Gasteiger partial charge in [0, 0.05) is 15.6 Å². The Balaban J connectivity index is 2.74. The van der Waals surface area contributed by atoms with E-state index < -0.39 is 5.97 Å². The van der Waals surface area contributed by atoms with Crippen LogP contribution in [0.2, 0.25) is 0 Å². The molecule has 1 aliphatic carbocycles. The fraction of sp³-hybridized carbons (Fsp3) is 0.200. The number of Topliss-reactive ketones (excluding diaryl/α,β-unsaturated/α-hetero) is 1. The molecule has 0 unspecified atom stereocenters. The quantitative estimate of drug-likeness (QED) is 0.808. The van der Waals surface area contributed by atoms with Gasteiger partial charge in [-0.1, -0.05) is 6.07 Å². The van der Waals surface area contributed by atoms with Gasteiger partial charge in [0.05, 0.1) is 5.56 Å². The number of fused-ring (bicyclic) bond motifs is 1. The molecule has 0 heterocycles. The molecule has 3 nitrogen and oxygen atoms in total. The van der Waals surface area contributed by atoms with E-state index in [-0.39, 0.29) is 11.3 Å². The molecule has 1 aliphatic rings. The molecule has 2 rings (SSSR count). The third-order valence-electron chi connectivity index (χ3n) is 2.35. The minimum Gasteiger partial charge on any atom is -0.478 e. The summed E-state index contributed by atoms with van der Waals surface area (Å²) in [6.45, 7) is 0. The summed E-state index contributed by atoms with van der Waals surface area (Å²) in [7, 11) is 0. The topological polar surface area (TPSA) is 54.4 Å². The first kappa shape index (κ1) is 9.64. The van der Waals surface area contributed by atoms with Crippen LogP contribution in [0.25, 0.3) is 0 Å². The van der Waals surface area contributed by atoms with Crippen molar-refractivity contribution in [2.45, 2.75) is 12.8 Å². The molecule has 0 spiro atoms. The van der Waals surface area contributed by atoms with E-state index in [4.69, 9.17) is 5.11 Å². The number of benzene rings is 1. The van der Waals surface area contributed by atoms with Crippen molar-refractivity contribution in [1.82, 2.24) is 0 Å². The van der Waals surface area contributed by atoms with Crippen LogP contribution in [0.4, 0.5) is 0 Å². The first-order chi connectivity index (χ1) is 6.61. The Labute approximate surface area is 94.3 Å². The number of rotatable bonds is 1. The smallest absolute Gasteiger partial charge is 0.337 e. The van der Waals surface area contributed by atoms with Crippen molar-refractivity contribution in [3.05, 3.63) is 32.4 Å². The van der Waals surface area contributed by atoms with Crippen molar-refractivity contribution in [1.29, 1.82) is 0 Å². The number of carbonyl (C=O) groups excluding carboxylic acids is 1. The fourth-order valence-corrected chi connectivity index (χ4v) is 2.41. The highest BCUT2D eigenvalue weighted by Crippen LogP contribution is 2.28. The van der Waals surface area contributed by atoms with Crippen LogP contribution in [0.5, 0.6) is 0 Å². The number of hydrogen-bond donors (Lipinski definition) is 1. The molecule has 1 aromatic carbocycles. The van der Waals surface area contributed by atoms with Crippen LogP contribution in [0, 0.1) is 3.57 Å². The van der Waals surface area contributed by atoms with Crippen LogP contribution < -0.4 is 0 Å². The number of halogens is 1. The number of aromatic carboxylic acids is 1. The molecule has 72 valence electrons. The Morgan fingerprint density at radius 2 is 2.07 bits per heavy atom. The van der Waals surface area contributed by atoms with Crippen LogP contribution in [0.3, 0.4) is 0 Å². The van der Waals surface area contributed by atoms with Gasteiger partial charge in [0.15, 0.2) is 5.78 Å². The zero-order valence-corrected chi connectivity index (χ0v) is 9.37. The summed E-state index contributed by atoms with van der Waals surface area (Å²) in [5, 5.41) is 8.99. The molecule has 0 amide bonds. The Kier molecular flexibility index (Phi) is 2.30. The van der Waals surface area contributed by atoms with E-state index in [1.165, 1.54) is 0 Å². The summed E-state index contributed by atoms with van der Waals surface area (Å²) in [6.07, 6.45) is 1.11. The lowest BCUT2D eigenvalue weighted by molar-refractivity contribution is 0.0691. The van der Waals surface area contributed by atoms with Crippen LogP contribution in [-0.2, 0) is 6.42 Å². The molecule has 1 N–H and O–H groups in total. The van der Waals surface area contributed by atoms with Crippen molar-refractivity contribution in [2.24, 2.45) is 0 Å². The van der Waals surface area contributed by atoms with Gasteiger partial charge in [-0.3, -0.25) is 4.79 Å². The molecule has 14 heavy (non-hydrogen) atoms. The lowest BCUT2D eigenvalue weighted by Gasteiger charge is -2.04. The Morgan fingerprint density at radius 1 is 1.36 bits per heavy atom. The average Bonchev–Trinajstić information content (AvgIpc) is 2.47. The molecule has 0 aromatic heterocycles. The lowest BCUT2D eigenvalue weighted by Crippen LogP contribution is -2.08. The van der Waals surface area contributed by atoms with E-state index in [1.54, 1.807) is 6.07 Å². The predicted octanol–water partition coefficient (Wildman–Crippen LogP) is 2.12. The minimum absolute atomic E-state index is 0.0454. The largest absolute Gasteiger partial charge is 0.478 e. The number of hydrogen-bond acceptors (Lipinski definition) is 2. The third-order valence-corrected chi connectivity index (χ3v) is 3.25. The van der Waals surface area contributed by atoms with Gasteiger partial charge in [-0.05, 0) is 40.6 Å². The maximum atomic E-state index is 11.5. The maximum absolute atomic E-state index is 11.5. The fourth-order valence-electron chi connectivity index (χ4n) is 1.73. The van der Waals surface area contributed by atoms with E-state index in [9.17, 15) is 9.59 Å². The molecule has 0 radical (unpaired) electrons. The first-order valence-electron chi connectivity index (χ1n) is 4.19. The van der Waals surface area contributed by atoms with Crippen molar-refractivity contribution in [3.63, 3.8) is 0 Å². The van der Waals surface area contributed by atoms with Gasteiger partial charge in [0.1, 0.15) is 0 Å². The summed E-state index contributed by atoms with van der Waals surface area (Å²) in [5.74, 6) is -1.06. The van der Waals surface area contributed by atoms with Gasteiger partial charge < -0.3 is 5.11 Å². The van der Waals surface area contributed by atoms with E-state index in [1.807, 2.05) is 28.7 Å². The van der Waals surface area contributed by atoms with Gasteiger partial charge in [0.2, 0.25) is 0 Å². The van der Waals surface area contributed by atoms with Gasteiger partial charge in [-0.25, -0.2) is 4.79 Å². The van der Waals surface area contributed by atoms with E-state index in [0.29, 0.717) is 22.0 Å². The van der Waals surface area contributed by atoms with Crippen molar-refractivity contribution in [3.8, 4) is 0 Å². The number of aryl methyl sites for hydroxylation is 1. The van der Waals surface area contributed by atoms with E-state index >= 15 is 0 Å². The highest BCUT2D eigenvalue weighted by Gasteiger charge is 2.27. The van der Waals surface area contributed by atoms with Gasteiger partial charge in [-0.15, -0.1) is 0 Å². The minimum atomic E-state index is -1.01. The molecule has 0 fully saturated rings. The highest BCUT2D eigenvalue weighted by molar-refractivity contribution is 14.1. The number of carboxylic acid groups (broad SMARTS) is 1. The highest BCUT2D eigenvalue weighted by atomic mass is 127. The van der Waals surface area contributed by atoms with Crippen LogP contribution in [0.15, 0.2) is 12.1 Å². The van der Waals surface area contributed by atoms with Crippen molar-refractivity contribution in [2.75, 3.05) is 0 Å². The second-order valence-corrected chi connectivity index (χ2v) is 4.35. The van der Waals surface area contributed by atoms with Crippen LogP contribution >= 0.6 is 22.6 Å². The van der Waals surface area contributed by atoms with Crippen LogP contribution in [0.1, 0.15) is 32.7 Å². The molecular formula is C10H7IO3.